The Kier molecular flexibility index (Phi) is 10.2. The summed E-state index contributed by atoms with van der Waals surface area (Å²) in [6, 6.07) is 115. The number of aromatic nitrogens is 2. The number of hydrogen-bond donors (Lipinski definition) is 0. The van der Waals surface area contributed by atoms with Gasteiger partial charge in [0.2, 0.25) is 0 Å². The van der Waals surface area contributed by atoms with Gasteiger partial charge in [0.1, 0.15) is 0 Å². The molecule has 1 atom stereocenters. The van der Waals surface area contributed by atoms with Crippen molar-refractivity contribution in [3.8, 4) is 33.6 Å². The molecule has 0 saturated heterocycles. The first kappa shape index (κ1) is 46.2. The molecule has 14 aromatic carbocycles. The average Bonchev–Trinajstić information content (AvgIpc) is 1.82. The van der Waals surface area contributed by atoms with Gasteiger partial charge in [0.15, 0.2) is 0 Å². The van der Waals surface area contributed by atoms with Gasteiger partial charge < -0.3 is 14.0 Å². The normalized spacial score (nSPS) is 13.9. The molecule has 0 amide bonds. The van der Waals surface area contributed by atoms with E-state index in [2.05, 4.69) is 323 Å². The zero-order chi connectivity index (χ0) is 53.9. The summed E-state index contributed by atoms with van der Waals surface area (Å²) >= 11 is 0. The van der Waals surface area contributed by atoms with E-state index in [1.54, 1.807) is 0 Å². The van der Waals surface area contributed by atoms with Crippen molar-refractivity contribution >= 4 is 93.0 Å². The zero-order valence-electron chi connectivity index (χ0n) is 44.8. The monoisotopic (exact) mass is 1040 g/mol. The number of anilines is 3. The van der Waals surface area contributed by atoms with Crippen LogP contribution in [0.5, 0.6) is 0 Å². The molecule has 16 aromatic rings. The van der Waals surface area contributed by atoms with Gasteiger partial charge in [0.25, 0.3) is 0 Å². The second-order valence-corrected chi connectivity index (χ2v) is 21.9. The molecule has 0 spiro atoms. The Hall–Kier alpha value is -10.7. The molecule has 0 bridgehead atoms. The van der Waals surface area contributed by atoms with Gasteiger partial charge in [-0.3, -0.25) is 0 Å². The fourth-order valence-corrected chi connectivity index (χ4v) is 14.3. The van der Waals surface area contributed by atoms with E-state index in [0.29, 0.717) is 0 Å². The highest BCUT2D eigenvalue weighted by Gasteiger charge is 2.49. The van der Waals surface area contributed by atoms with E-state index < -0.39 is 5.41 Å². The van der Waals surface area contributed by atoms with E-state index in [1.807, 2.05) is 0 Å². The number of para-hydroxylation sites is 5. The van der Waals surface area contributed by atoms with Gasteiger partial charge >= 0.3 is 0 Å². The van der Waals surface area contributed by atoms with Crippen molar-refractivity contribution in [1.82, 2.24) is 9.13 Å². The quantitative estimate of drug-likeness (QED) is 0.148. The summed E-state index contributed by atoms with van der Waals surface area (Å²) in [7, 11) is 0. The SMILES string of the molecule is c1ccc(-n2c3ccccc3c3cccc(N(c4ccc(-c5cccc6ccccc56)cc4)c4ccc5c(c4)C(c4ccc6ccccc6c4)(c4cccc6ccccc46)c4ccc6c7ccccc7n(-c7ccccc7)c6c4-5)c32)cc1. The fourth-order valence-electron chi connectivity index (χ4n) is 14.3. The molecular weight excluding hydrogens is 991 g/mol. The number of fused-ring (bicyclic) bond motifs is 13. The van der Waals surface area contributed by atoms with Crippen molar-refractivity contribution < 1.29 is 0 Å². The third kappa shape index (κ3) is 6.71. The van der Waals surface area contributed by atoms with Crippen molar-refractivity contribution in [3.63, 3.8) is 0 Å². The summed E-state index contributed by atoms with van der Waals surface area (Å²) in [5.74, 6) is 0. The molecule has 1 aliphatic rings. The Bertz CT molecular complexity index is 5210. The largest absolute Gasteiger partial charge is 0.309 e. The third-order valence-electron chi connectivity index (χ3n) is 17.7. The number of benzene rings is 14. The first-order chi connectivity index (χ1) is 40.7. The Morgan fingerprint density at radius 1 is 0.280 bits per heavy atom. The van der Waals surface area contributed by atoms with Crippen LogP contribution in [0.25, 0.3) is 110 Å². The van der Waals surface area contributed by atoms with Crippen molar-refractivity contribution in [2.75, 3.05) is 4.90 Å². The van der Waals surface area contributed by atoms with Crippen LogP contribution in [0.15, 0.2) is 309 Å². The molecule has 2 heterocycles. The summed E-state index contributed by atoms with van der Waals surface area (Å²) in [6.07, 6.45) is 0. The number of hydrogen-bond acceptors (Lipinski definition) is 1. The molecule has 382 valence electrons. The van der Waals surface area contributed by atoms with Crippen molar-refractivity contribution in [2.24, 2.45) is 0 Å². The molecule has 0 aliphatic heterocycles. The van der Waals surface area contributed by atoms with E-state index >= 15 is 0 Å². The van der Waals surface area contributed by atoms with Crippen LogP contribution in [0.1, 0.15) is 22.3 Å². The second-order valence-electron chi connectivity index (χ2n) is 21.9. The highest BCUT2D eigenvalue weighted by molar-refractivity contribution is 6.18. The molecule has 0 radical (unpaired) electrons. The Balaban J connectivity index is 1.02. The maximum Gasteiger partial charge on any atom is 0.0782 e. The topological polar surface area (TPSA) is 13.1 Å². The Morgan fingerprint density at radius 3 is 1.54 bits per heavy atom. The van der Waals surface area contributed by atoms with Gasteiger partial charge in [-0.25, -0.2) is 0 Å². The van der Waals surface area contributed by atoms with Crippen molar-refractivity contribution in [2.45, 2.75) is 5.41 Å². The molecule has 1 aliphatic carbocycles. The van der Waals surface area contributed by atoms with E-state index in [4.69, 9.17) is 0 Å². The lowest BCUT2D eigenvalue weighted by Gasteiger charge is -2.36. The molecule has 82 heavy (non-hydrogen) atoms. The minimum Gasteiger partial charge on any atom is -0.309 e. The Morgan fingerprint density at radius 2 is 0.817 bits per heavy atom. The van der Waals surface area contributed by atoms with E-state index in [-0.39, 0.29) is 0 Å². The van der Waals surface area contributed by atoms with Crippen LogP contribution in [0.2, 0.25) is 0 Å². The summed E-state index contributed by atoms with van der Waals surface area (Å²) in [5.41, 5.74) is 19.2. The average molecular weight is 1040 g/mol. The first-order valence-corrected chi connectivity index (χ1v) is 28.4. The van der Waals surface area contributed by atoms with Gasteiger partial charge in [-0.1, -0.05) is 237 Å². The van der Waals surface area contributed by atoms with Gasteiger partial charge in [-0.05, 0) is 144 Å². The smallest absolute Gasteiger partial charge is 0.0782 e. The molecule has 1 unspecified atom stereocenters. The van der Waals surface area contributed by atoms with Gasteiger partial charge in [-0.15, -0.1) is 0 Å². The zero-order valence-corrected chi connectivity index (χ0v) is 44.8. The van der Waals surface area contributed by atoms with Crippen molar-refractivity contribution in [3.05, 3.63) is 332 Å². The molecule has 2 aromatic heterocycles. The van der Waals surface area contributed by atoms with Crippen LogP contribution < -0.4 is 4.90 Å². The van der Waals surface area contributed by atoms with Crippen LogP contribution in [-0.2, 0) is 5.41 Å². The standard InChI is InChI=1S/C79H51N3/c1-3-26-58(27-4-1)81-73-37-15-13-32-65(73)67-35-19-39-75(77(67)81)80(60-44-41-55(42-45-60)63-34-17-24-53-21-9-11-30-62(53)63)61-46-47-69-72(51-61)79(57-43-40-52-20-7-8-23-56(52)50-57,70-36-18-25-54-22-10-12-31-64(54)70)71-49-48-68-66-33-14-16-38-74(66)82(78(68)76(69)71)59-28-5-2-6-29-59/h1-51H. The van der Waals surface area contributed by atoms with Gasteiger partial charge in [-0.2, -0.15) is 0 Å². The van der Waals surface area contributed by atoms with Crippen LogP contribution in [0.3, 0.4) is 0 Å². The van der Waals surface area contributed by atoms with Gasteiger partial charge in [0.05, 0.1) is 33.2 Å². The molecule has 0 saturated carbocycles. The summed E-state index contributed by atoms with van der Waals surface area (Å²) < 4.78 is 4.99. The second kappa shape index (κ2) is 18.2. The van der Waals surface area contributed by atoms with E-state index in [0.717, 1.165) is 39.5 Å². The predicted molar refractivity (Wildman–Crippen MR) is 345 cm³/mol. The fraction of sp³-hybridized carbons (Fsp3) is 0.0127. The maximum atomic E-state index is 2.56. The minimum absolute atomic E-state index is 0.799. The minimum atomic E-state index is -0.799. The molecule has 0 fully saturated rings. The number of rotatable bonds is 8. The van der Waals surface area contributed by atoms with E-state index in [1.165, 1.54) is 109 Å². The van der Waals surface area contributed by atoms with Crippen molar-refractivity contribution in [1.29, 1.82) is 0 Å². The summed E-state index contributed by atoms with van der Waals surface area (Å²) in [5, 5.41) is 12.2. The van der Waals surface area contributed by atoms with E-state index in [9.17, 15) is 0 Å². The Labute approximate surface area is 475 Å². The molecule has 3 heteroatoms. The van der Waals surface area contributed by atoms with Crippen LogP contribution >= 0.6 is 0 Å². The summed E-state index contributed by atoms with van der Waals surface area (Å²) in [6.45, 7) is 0. The summed E-state index contributed by atoms with van der Waals surface area (Å²) in [4.78, 5) is 2.53. The predicted octanol–water partition coefficient (Wildman–Crippen LogP) is 20.8. The van der Waals surface area contributed by atoms with Crippen LogP contribution in [-0.4, -0.2) is 9.13 Å². The highest BCUT2D eigenvalue weighted by Crippen LogP contribution is 2.61. The number of nitrogens with zero attached hydrogens (tertiary/aromatic N) is 3. The van der Waals surface area contributed by atoms with Crippen LogP contribution in [0, 0.1) is 0 Å². The lowest BCUT2D eigenvalue weighted by Crippen LogP contribution is -2.29. The molecule has 0 N–H and O–H groups in total. The van der Waals surface area contributed by atoms with Gasteiger partial charge in [0, 0.05) is 49.9 Å². The van der Waals surface area contributed by atoms with Crippen LogP contribution in [0.4, 0.5) is 17.1 Å². The molecule has 3 nitrogen and oxygen atoms in total. The lowest BCUT2D eigenvalue weighted by atomic mass is 9.66. The maximum absolute atomic E-state index is 2.56. The molecular formula is C79H51N3. The first-order valence-electron chi connectivity index (χ1n) is 28.4. The molecule has 17 rings (SSSR count). The third-order valence-corrected chi connectivity index (χ3v) is 17.7. The lowest BCUT2D eigenvalue weighted by molar-refractivity contribution is 0.778. The highest BCUT2D eigenvalue weighted by atomic mass is 15.2.